The zero-order valence-corrected chi connectivity index (χ0v) is 19.3. The molecule has 0 aliphatic carbocycles. The van der Waals surface area contributed by atoms with Gasteiger partial charge in [0, 0.05) is 41.0 Å². The topological polar surface area (TPSA) is 57.4 Å². The number of methoxy groups -OCH3 is 1. The van der Waals surface area contributed by atoms with Gasteiger partial charge in [0.2, 0.25) is 5.91 Å². The minimum Gasteiger partial charge on any atom is -0.497 e. The highest BCUT2D eigenvalue weighted by molar-refractivity contribution is 7.09. The Kier molecular flexibility index (Phi) is 7.24. The number of aromatic amines is 1. The van der Waals surface area contributed by atoms with Crippen LogP contribution in [0.1, 0.15) is 28.8 Å². The average Bonchev–Trinajstić information content (AvgIpc) is 3.49. The summed E-state index contributed by atoms with van der Waals surface area (Å²) in [6.07, 6.45) is 2.06. The number of nitrogens with one attached hydrogen (secondary N) is 2. The lowest BCUT2D eigenvalue weighted by Gasteiger charge is -2.22. The molecule has 4 rings (SSSR count). The second-order valence-corrected chi connectivity index (χ2v) is 8.83. The van der Waals surface area contributed by atoms with Crippen LogP contribution in [0, 0.1) is 0 Å². The van der Waals surface area contributed by atoms with Crippen LogP contribution in [0.15, 0.2) is 72.2 Å². The molecule has 1 amide bonds. The SMILES string of the molecule is CCN(CC(=O)NCC(c1ccc(OC)cc1)c1c[nH]c2ccccc12)Cc1cccs1. The Morgan fingerprint density at radius 3 is 2.66 bits per heavy atom. The van der Waals surface area contributed by atoms with Crippen LogP contribution in [0.5, 0.6) is 5.75 Å². The number of rotatable bonds is 10. The van der Waals surface area contributed by atoms with Crippen molar-refractivity contribution in [3.8, 4) is 5.75 Å². The molecule has 0 aliphatic rings. The van der Waals surface area contributed by atoms with Gasteiger partial charge in [-0.2, -0.15) is 0 Å². The monoisotopic (exact) mass is 447 g/mol. The molecule has 4 aromatic rings. The zero-order chi connectivity index (χ0) is 22.3. The number of fused-ring (bicyclic) bond motifs is 1. The molecule has 166 valence electrons. The summed E-state index contributed by atoms with van der Waals surface area (Å²) in [5.41, 5.74) is 3.42. The van der Waals surface area contributed by atoms with E-state index in [1.165, 1.54) is 15.8 Å². The fourth-order valence-corrected chi connectivity index (χ4v) is 4.75. The summed E-state index contributed by atoms with van der Waals surface area (Å²) >= 11 is 1.72. The minimum absolute atomic E-state index is 0.0355. The molecule has 5 nitrogen and oxygen atoms in total. The molecule has 0 saturated heterocycles. The van der Waals surface area contributed by atoms with Crippen molar-refractivity contribution in [2.24, 2.45) is 0 Å². The third-order valence-electron chi connectivity index (χ3n) is 5.79. The predicted octanol–water partition coefficient (Wildman–Crippen LogP) is 5.01. The van der Waals surface area contributed by atoms with E-state index in [1.54, 1.807) is 18.4 Å². The van der Waals surface area contributed by atoms with Gasteiger partial charge < -0.3 is 15.0 Å². The van der Waals surface area contributed by atoms with Gasteiger partial charge in [-0.05, 0) is 47.3 Å². The molecule has 2 heterocycles. The van der Waals surface area contributed by atoms with Gasteiger partial charge in [0.25, 0.3) is 0 Å². The number of ether oxygens (including phenoxy) is 1. The first-order valence-corrected chi connectivity index (χ1v) is 11.8. The maximum atomic E-state index is 12.8. The normalized spacial score (nSPS) is 12.2. The molecule has 0 aliphatic heterocycles. The fourth-order valence-electron chi connectivity index (χ4n) is 4.00. The minimum atomic E-state index is 0.0355. The molecule has 1 atom stereocenters. The Labute approximate surface area is 193 Å². The van der Waals surface area contributed by atoms with Crippen LogP contribution in [0.2, 0.25) is 0 Å². The van der Waals surface area contributed by atoms with Crippen molar-refractivity contribution in [1.82, 2.24) is 15.2 Å². The molecular formula is C26H29N3O2S. The number of hydrogen-bond acceptors (Lipinski definition) is 4. The molecule has 2 aromatic carbocycles. The maximum Gasteiger partial charge on any atom is 0.234 e. The number of benzene rings is 2. The largest absolute Gasteiger partial charge is 0.497 e. The summed E-state index contributed by atoms with van der Waals surface area (Å²) in [4.78, 5) is 19.6. The standard InChI is InChI=1S/C26H29N3O2S/c1-3-29(17-21-7-6-14-32-21)18-26(30)28-15-23(19-10-12-20(31-2)13-11-19)24-16-27-25-9-5-4-8-22(24)25/h4-14,16,23,27H,3,15,17-18H2,1-2H3,(H,28,30). The number of hydrogen-bond donors (Lipinski definition) is 2. The van der Waals surface area contributed by atoms with E-state index in [0.717, 1.165) is 29.9 Å². The highest BCUT2D eigenvalue weighted by Gasteiger charge is 2.20. The van der Waals surface area contributed by atoms with E-state index in [0.29, 0.717) is 13.1 Å². The second-order valence-electron chi connectivity index (χ2n) is 7.80. The number of amides is 1. The first kappa shape index (κ1) is 22.1. The average molecular weight is 448 g/mol. The number of para-hydroxylation sites is 1. The Hall–Kier alpha value is -3.09. The van der Waals surface area contributed by atoms with Gasteiger partial charge in [0.05, 0.1) is 13.7 Å². The van der Waals surface area contributed by atoms with E-state index in [9.17, 15) is 4.79 Å². The molecule has 0 saturated carbocycles. The van der Waals surface area contributed by atoms with Gasteiger partial charge in [-0.25, -0.2) is 0 Å². The van der Waals surface area contributed by atoms with Crippen molar-refractivity contribution in [3.05, 3.63) is 88.2 Å². The highest BCUT2D eigenvalue weighted by atomic mass is 32.1. The summed E-state index contributed by atoms with van der Waals surface area (Å²) in [6, 6.07) is 20.5. The number of thiophene rings is 1. The van der Waals surface area contributed by atoms with Crippen molar-refractivity contribution in [1.29, 1.82) is 0 Å². The van der Waals surface area contributed by atoms with Crippen molar-refractivity contribution in [2.45, 2.75) is 19.4 Å². The summed E-state index contributed by atoms with van der Waals surface area (Å²) in [7, 11) is 1.67. The Morgan fingerprint density at radius 1 is 1.12 bits per heavy atom. The first-order chi connectivity index (χ1) is 15.7. The lowest BCUT2D eigenvalue weighted by Crippen LogP contribution is -2.38. The Morgan fingerprint density at radius 2 is 1.94 bits per heavy atom. The van der Waals surface area contributed by atoms with Gasteiger partial charge in [-0.15, -0.1) is 11.3 Å². The molecule has 6 heteroatoms. The third kappa shape index (κ3) is 5.21. The quantitative estimate of drug-likeness (QED) is 0.359. The maximum absolute atomic E-state index is 12.8. The molecular weight excluding hydrogens is 418 g/mol. The van der Waals surface area contributed by atoms with E-state index in [1.807, 2.05) is 24.3 Å². The molecule has 0 spiro atoms. The smallest absolute Gasteiger partial charge is 0.234 e. The van der Waals surface area contributed by atoms with E-state index in [4.69, 9.17) is 4.74 Å². The fraction of sp³-hybridized carbons (Fsp3) is 0.269. The number of likely N-dealkylation sites (N-methyl/N-ethyl adjacent to an activating group) is 1. The molecule has 0 radical (unpaired) electrons. The van der Waals surface area contributed by atoms with E-state index in [2.05, 4.69) is 70.1 Å². The van der Waals surface area contributed by atoms with Crippen molar-refractivity contribution >= 4 is 28.1 Å². The summed E-state index contributed by atoms with van der Waals surface area (Å²) in [5, 5.41) is 6.43. The van der Waals surface area contributed by atoms with Crippen LogP contribution in [-0.4, -0.2) is 42.5 Å². The van der Waals surface area contributed by atoms with Crippen LogP contribution in [0.3, 0.4) is 0 Å². The molecule has 0 bridgehead atoms. The first-order valence-electron chi connectivity index (χ1n) is 10.9. The number of aromatic nitrogens is 1. The zero-order valence-electron chi connectivity index (χ0n) is 18.5. The van der Waals surface area contributed by atoms with Crippen molar-refractivity contribution in [2.75, 3.05) is 26.7 Å². The van der Waals surface area contributed by atoms with Crippen LogP contribution < -0.4 is 10.1 Å². The van der Waals surface area contributed by atoms with Gasteiger partial charge >= 0.3 is 0 Å². The summed E-state index contributed by atoms with van der Waals surface area (Å²) < 4.78 is 5.33. The molecule has 1 unspecified atom stereocenters. The van der Waals surface area contributed by atoms with Crippen LogP contribution in [-0.2, 0) is 11.3 Å². The lowest BCUT2D eigenvalue weighted by atomic mass is 9.90. The molecule has 2 N–H and O–H groups in total. The molecule has 2 aromatic heterocycles. The molecule has 0 fully saturated rings. The van der Waals surface area contributed by atoms with E-state index in [-0.39, 0.29) is 11.8 Å². The predicted molar refractivity (Wildman–Crippen MR) is 131 cm³/mol. The number of carbonyl (C=O) groups is 1. The number of carbonyl (C=O) groups excluding carboxylic acids is 1. The number of H-pyrrole nitrogens is 1. The van der Waals surface area contributed by atoms with Crippen molar-refractivity contribution < 1.29 is 9.53 Å². The lowest BCUT2D eigenvalue weighted by molar-refractivity contribution is -0.122. The summed E-state index contributed by atoms with van der Waals surface area (Å²) in [6.45, 7) is 4.63. The summed E-state index contributed by atoms with van der Waals surface area (Å²) in [5.74, 6) is 0.901. The van der Waals surface area contributed by atoms with E-state index < -0.39 is 0 Å². The van der Waals surface area contributed by atoms with Crippen molar-refractivity contribution in [3.63, 3.8) is 0 Å². The van der Waals surface area contributed by atoms with Gasteiger partial charge in [0.15, 0.2) is 0 Å². The van der Waals surface area contributed by atoms with Crippen LogP contribution in [0.4, 0.5) is 0 Å². The number of nitrogens with zero attached hydrogens (tertiary/aromatic N) is 1. The van der Waals surface area contributed by atoms with Gasteiger partial charge in [-0.3, -0.25) is 9.69 Å². The van der Waals surface area contributed by atoms with Crippen LogP contribution in [0.25, 0.3) is 10.9 Å². The Balaban J connectivity index is 1.50. The van der Waals surface area contributed by atoms with Gasteiger partial charge in [-0.1, -0.05) is 43.3 Å². The molecule has 32 heavy (non-hydrogen) atoms. The second kappa shape index (κ2) is 10.5. The highest BCUT2D eigenvalue weighted by Crippen LogP contribution is 2.31. The van der Waals surface area contributed by atoms with Gasteiger partial charge in [0.1, 0.15) is 5.75 Å². The Bertz CT molecular complexity index is 1140. The van der Waals surface area contributed by atoms with Crippen LogP contribution >= 0.6 is 11.3 Å². The third-order valence-corrected chi connectivity index (χ3v) is 6.65. The van der Waals surface area contributed by atoms with E-state index >= 15 is 0 Å².